The van der Waals surface area contributed by atoms with E-state index in [-0.39, 0.29) is 23.3 Å². The number of hydrazine groups is 1. The van der Waals surface area contributed by atoms with Crippen molar-refractivity contribution in [1.82, 2.24) is 15.3 Å². The minimum atomic E-state index is -0.944. The van der Waals surface area contributed by atoms with Crippen LogP contribution in [0.5, 0.6) is 5.75 Å². The summed E-state index contributed by atoms with van der Waals surface area (Å²) in [4.78, 5) is 38.9. The van der Waals surface area contributed by atoms with Crippen LogP contribution in [0.25, 0.3) is 0 Å². The molecule has 1 fully saturated rings. The summed E-state index contributed by atoms with van der Waals surface area (Å²) in [5, 5.41) is 4.11. The number of thiocarbonyl (C=S) groups is 1. The van der Waals surface area contributed by atoms with Crippen molar-refractivity contribution in [3.05, 3.63) is 58.6 Å². The Balaban J connectivity index is 1.70. The number of likely N-dealkylation sites (N-methyl/N-ethyl adjacent to an activating group) is 1. The van der Waals surface area contributed by atoms with Gasteiger partial charge in [-0.15, -0.1) is 0 Å². The first-order valence-electron chi connectivity index (χ1n) is 8.91. The zero-order valence-electron chi connectivity index (χ0n) is 16.2. The molecule has 0 aromatic heterocycles. The van der Waals surface area contributed by atoms with Crippen molar-refractivity contribution in [3.8, 4) is 5.75 Å². The number of nitrogens with zero attached hydrogens (tertiary/aromatic N) is 2. The Morgan fingerprint density at radius 3 is 2.37 bits per heavy atom. The fraction of sp³-hybridized carbons (Fsp3) is 0.200. The van der Waals surface area contributed by atoms with Gasteiger partial charge in [-0.3, -0.25) is 24.7 Å². The van der Waals surface area contributed by atoms with Crippen molar-refractivity contribution in [1.29, 1.82) is 0 Å². The monoisotopic (exact) mass is 490 g/mol. The van der Waals surface area contributed by atoms with Crippen molar-refractivity contribution >= 4 is 56.7 Å². The predicted molar refractivity (Wildman–Crippen MR) is 119 cm³/mol. The van der Waals surface area contributed by atoms with Gasteiger partial charge in [-0.25, -0.2) is 5.01 Å². The number of rotatable bonds is 6. The molecule has 1 saturated heterocycles. The van der Waals surface area contributed by atoms with Gasteiger partial charge in [0.05, 0.1) is 13.5 Å². The van der Waals surface area contributed by atoms with Crippen LogP contribution in [0.2, 0.25) is 0 Å². The highest BCUT2D eigenvalue weighted by atomic mass is 79.9. The van der Waals surface area contributed by atoms with E-state index in [4.69, 9.17) is 17.0 Å². The molecule has 0 radical (unpaired) electrons. The fourth-order valence-corrected chi connectivity index (χ4v) is 3.39. The van der Waals surface area contributed by atoms with E-state index in [1.807, 2.05) is 0 Å². The lowest BCUT2D eigenvalue weighted by Gasteiger charge is -2.24. The summed E-state index contributed by atoms with van der Waals surface area (Å²) in [7, 11) is 3.06. The van der Waals surface area contributed by atoms with Gasteiger partial charge in [0.25, 0.3) is 11.8 Å². The zero-order chi connectivity index (χ0) is 21.8. The maximum Gasteiger partial charge on any atom is 0.269 e. The molecule has 30 heavy (non-hydrogen) atoms. The van der Waals surface area contributed by atoms with Crippen LogP contribution >= 0.6 is 28.1 Å². The maximum atomic E-state index is 12.6. The number of anilines is 1. The van der Waals surface area contributed by atoms with Gasteiger partial charge in [0.2, 0.25) is 5.91 Å². The van der Waals surface area contributed by atoms with E-state index in [9.17, 15) is 14.4 Å². The Labute approximate surface area is 187 Å². The number of ether oxygens (including phenoxy) is 1. The van der Waals surface area contributed by atoms with Crippen LogP contribution in [0.4, 0.5) is 5.69 Å². The van der Waals surface area contributed by atoms with Gasteiger partial charge >= 0.3 is 0 Å². The van der Waals surface area contributed by atoms with E-state index < -0.39 is 11.9 Å². The summed E-state index contributed by atoms with van der Waals surface area (Å²) in [5.74, 6) is -0.540. The molecule has 1 aliphatic heterocycles. The average Bonchev–Trinajstić information content (AvgIpc) is 2.93. The summed E-state index contributed by atoms with van der Waals surface area (Å²) in [6.45, 7) is 0. The number of carbonyl (C=O) groups is 3. The number of carbonyl (C=O) groups excluding carboxylic acids is 3. The van der Waals surface area contributed by atoms with Crippen LogP contribution in [0.1, 0.15) is 16.8 Å². The Bertz CT molecular complexity index is 981. The highest BCUT2D eigenvalue weighted by Crippen LogP contribution is 2.20. The van der Waals surface area contributed by atoms with Gasteiger partial charge in [-0.2, -0.15) is 0 Å². The lowest BCUT2D eigenvalue weighted by Crippen LogP contribution is -2.49. The van der Waals surface area contributed by atoms with E-state index in [0.717, 1.165) is 4.47 Å². The minimum Gasteiger partial charge on any atom is -0.497 e. The molecule has 1 unspecified atom stereocenters. The van der Waals surface area contributed by atoms with E-state index in [2.05, 4.69) is 26.7 Å². The van der Waals surface area contributed by atoms with E-state index in [0.29, 0.717) is 17.0 Å². The first-order valence-corrected chi connectivity index (χ1v) is 10.1. The van der Waals surface area contributed by atoms with Gasteiger partial charge in [0.15, 0.2) is 5.11 Å². The molecule has 0 saturated carbocycles. The normalized spacial score (nSPS) is 15.9. The van der Waals surface area contributed by atoms with Crippen LogP contribution in [0, 0.1) is 0 Å². The van der Waals surface area contributed by atoms with Crippen LogP contribution < -0.4 is 15.5 Å². The second-order valence-corrected chi connectivity index (χ2v) is 7.78. The van der Waals surface area contributed by atoms with Gasteiger partial charge < -0.3 is 10.1 Å². The second kappa shape index (κ2) is 9.23. The fourth-order valence-electron chi connectivity index (χ4n) is 2.86. The topological polar surface area (TPSA) is 91.0 Å². The SMILES string of the molecule is COc1ccc(NC(=O)CC2C(=O)N(C)C(=S)N2NC(=O)c2ccc(Br)cc2)cc1. The molecule has 2 aromatic rings. The smallest absolute Gasteiger partial charge is 0.269 e. The summed E-state index contributed by atoms with van der Waals surface area (Å²) in [6, 6.07) is 12.6. The molecule has 1 aliphatic rings. The first-order chi connectivity index (χ1) is 14.3. The molecule has 0 spiro atoms. The number of nitrogens with one attached hydrogen (secondary N) is 2. The van der Waals surface area contributed by atoms with E-state index >= 15 is 0 Å². The Morgan fingerprint density at radius 2 is 1.77 bits per heavy atom. The number of hydrogen-bond donors (Lipinski definition) is 2. The average molecular weight is 491 g/mol. The summed E-state index contributed by atoms with van der Waals surface area (Å²) >= 11 is 8.59. The highest BCUT2D eigenvalue weighted by molar-refractivity contribution is 9.10. The Morgan fingerprint density at radius 1 is 1.13 bits per heavy atom. The molecule has 3 amide bonds. The molecule has 0 bridgehead atoms. The van der Waals surface area contributed by atoms with Gasteiger partial charge in [0, 0.05) is 22.8 Å². The van der Waals surface area contributed by atoms with Crippen LogP contribution in [0.15, 0.2) is 53.0 Å². The third-order valence-corrected chi connectivity index (χ3v) is 5.50. The third kappa shape index (κ3) is 4.77. The second-order valence-electron chi connectivity index (χ2n) is 6.49. The number of methoxy groups -OCH3 is 1. The summed E-state index contributed by atoms with van der Waals surface area (Å²) in [5.41, 5.74) is 3.59. The standard InChI is InChI=1S/C20H19BrN4O4S/c1-24-19(28)16(11-17(26)22-14-7-9-15(29-2)10-8-14)25(20(24)30)23-18(27)12-3-5-13(21)6-4-12/h3-10,16H,11H2,1-2H3,(H,22,26)(H,23,27). The lowest BCUT2D eigenvalue weighted by atomic mass is 10.2. The number of hydrogen-bond acceptors (Lipinski definition) is 5. The molecular weight excluding hydrogens is 472 g/mol. The van der Waals surface area contributed by atoms with E-state index in [1.54, 1.807) is 55.6 Å². The Hall–Kier alpha value is -2.98. The lowest BCUT2D eigenvalue weighted by molar-refractivity contribution is -0.130. The molecule has 156 valence electrons. The molecule has 0 aliphatic carbocycles. The van der Waals surface area contributed by atoms with Crippen molar-refractivity contribution in [2.45, 2.75) is 12.5 Å². The van der Waals surface area contributed by atoms with Crippen molar-refractivity contribution in [2.75, 3.05) is 19.5 Å². The zero-order valence-corrected chi connectivity index (χ0v) is 18.6. The number of halogens is 1. The summed E-state index contributed by atoms with van der Waals surface area (Å²) < 4.78 is 5.92. The number of benzene rings is 2. The molecule has 2 aromatic carbocycles. The Kier molecular flexibility index (Phi) is 6.68. The van der Waals surface area contributed by atoms with E-state index in [1.165, 1.54) is 17.0 Å². The third-order valence-electron chi connectivity index (χ3n) is 4.50. The summed E-state index contributed by atoms with van der Waals surface area (Å²) in [6.07, 6.45) is -0.185. The van der Waals surface area contributed by atoms with Crippen LogP contribution in [-0.4, -0.2) is 52.9 Å². The molecular formula is C20H19BrN4O4S. The van der Waals surface area contributed by atoms with Crippen LogP contribution in [-0.2, 0) is 9.59 Å². The molecule has 10 heteroatoms. The van der Waals surface area contributed by atoms with Gasteiger partial charge in [0.1, 0.15) is 11.8 Å². The highest BCUT2D eigenvalue weighted by Gasteiger charge is 2.42. The molecule has 2 N–H and O–H groups in total. The molecule has 8 nitrogen and oxygen atoms in total. The quantitative estimate of drug-likeness (QED) is 0.604. The molecule has 3 rings (SSSR count). The van der Waals surface area contributed by atoms with Crippen LogP contribution in [0.3, 0.4) is 0 Å². The molecule has 1 atom stereocenters. The predicted octanol–water partition coefficient (Wildman–Crippen LogP) is 2.56. The minimum absolute atomic E-state index is 0.118. The maximum absolute atomic E-state index is 12.6. The van der Waals surface area contributed by atoms with Gasteiger partial charge in [-0.05, 0) is 60.7 Å². The van der Waals surface area contributed by atoms with Gasteiger partial charge in [-0.1, -0.05) is 15.9 Å². The first kappa shape index (κ1) is 21.7. The van der Waals surface area contributed by atoms with Crippen molar-refractivity contribution < 1.29 is 19.1 Å². The van der Waals surface area contributed by atoms with Crippen molar-refractivity contribution in [3.63, 3.8) is 0 Å². The molecule has 1 heterocycles. The number of amides is 3. The largest absolute Gasteiger partial charge is 0.497 e. The van der Waals surface area contributed by atoms with Crippen molar-refractivity contribution in [2.24, 2.45) is 0 Å².